The highest BCUT2D eigenvalue weighted by molar-refractivity contribution is 7.86. The molecular weight excluding hydrogens is 406 g/mol. The Balaban J connectivity index is 2.25. The fourth-order valence-corrected chi connectivity index (χ4v) is 2.68. The van der Waals surface area contributed by atoms with E-state index in [-0.39, 0.29) is 10.6 Å². The quantitative estimate of drug-likeness (QED) is 0.470. The zero-order valence-corrected chi connectivity index (χ0v) is 14.3. The first-order valence-corrected chi connectivity index (χ1v) is 8.43. The van der Waals surface area contributed by atoms with Crippen molar-refractivity contribution in [3.63, 3.8) is 0 Å². The maximum absolute atomic E-state index is 12.5. The highest BCUT2D eigenvalue weighted by Gasteiger charge is 2.32. The summed E-state index contributed by atoms with van der Waals surface area (Å²) >= 11 is 11.3. The number of alkyl halides is 3. The second-order valence-corrected chi connectivity index (χ2v) is 6.88. The van der Waals surface area contributed by atoms with Crippen LogP contribution in [-0.4, -0.2) is 19.2 Å². The lowest BCUT2D eigenvalue weighted by Crippen LogP contribution is -2.18. The summed E-state index contributed by atoms with van der Waals surface area (Å²) in [6.45, 7) is 0. The topological polar surface area (TPSA) is 94.6 Å². The Hall–Kier alpha value is -2.04. The van der Waals surface area contributed by atoms with Gasteiger partial charge >= 0.3 is 16.3 Å². The van der Waals surface area contributed by atoms with Gasteiger partial charge in [-0.15, -0.1) is 0 Å². The lowest BCUT2D eigenvalue weighted by molar-refractivity contribution is -0.137. The minimum atomic E-state index is -4.64. The van der Waals surface area contributed by atoms with Crippen molar-refractivity contribution in [3.05, 3.63) is 57.8 Å². The van der Waals surface area contributed by atoms with Crippen molar-refractivity contribution in [2.24, 2.45) is 10.9 Å². The molecule has 0 aliphatic carbocycles. The Morgan fingerprint density at radius 3 is 2.32 bits per heavy atom. The predicted molar refractivity (Wildman–Crippen MR) is 84.7 cm³/mol. The van der Waals surface area contributed by atoms with Crippen molar-refractivity contribution in [2.75, 3.05) is 0 Å². The van der Waals surface area contributed by atoms with Crippen LogP contribution in [0.5, 0.6) is 0 Å². The lowest BCUT2D eigenvalue weighted by atomic mass is 10.2. The first-order chi connectivity index (χ1) is 11.5. The molecule has 134 valence electrons. The van der Waals surface area contributed by atoms with Crippen LogP contribution in [0.2, 0.25) is 10.0 Å². The third kappa shape index (κ3) is 4.74. The summed E-state index contributed by atoms with van der Waals surface area (Å²) in [6.07, 6.45) is -4.16. The van der Waals surface area contributed by atoms with Crippen molar-refractivity contribution < 1.29 is 25.9 Å². The van der Waals surface area contributed by atoms with Gasteiger partial charge in [-0.25, -0.2) is 0 Å². The van der Waals surface area contributed by atoms with Crippen LogP contribution in [0.4, 0.5) is 13.2 Å². The third-order valence-electron chi connectivity index (χ3n) is 2.75. The van der Waals surface area contributed by atoms with E-state index in [9.17, 15) is 21.6 Å². The molecule has 0 fully saturated rings. The molecule has 1 aromatic heterocycles. The minimum Gasteiger partial charge on any atom is -0.379 e. The van der Waals surface area contributed by atoms with Crippen LogP contribution < -0.4 is 5.73 Å². The summed E-state index contributed by atoms with van der Waals surface area (Å²) in [5.74, 6) is -0.615. The maximum atomic E-state index is 12.5. The number of halogens is 5. The molecular formula is C13H8Cl2F3N3O3S. The van der Waals surface area contributed by atoms with E-state index in [1.807, 2.05) is 0 Å². The van der Waals surface area contributed by atoms with Gasteiger partial charge in [0.2, 0.25) is 0 Å². The Labute approximate surface area is 150 Å². The monoisotopic (exact) mass is 413 g/mol. The second-order valence-electron chi connectivity index (χ2n) is 4.51. The van der Waals surface area contributed by atoms with E-state index >= 15 is 0 Å². The van der Waals surface area contributed by atoms with Crippen molar-refractivity contribution in [2.45, 2.75) is 11.1 Å². The van der Waals surface area contributed by atoms with E-state index in [4.69, 9.17) is 28.9 Å². The van der Waals surface area contributed by atoms with Crippen LogP contribution in [0.1, 0.15) is 11.3 Å². The first-order valence-electron chi connectivity index (χ1n) is 6.26. The molecule has 6 nitrogen and oxygen atoms in total. The Morgan fingerprint density at radius 2 is 1.80 bits per heavy atom. The van der Waals surface area contributed by atoms with Crippen LogP contribution in [0.3, 0.4) is 0 Å². The van der Waals surface area contributed by atoms with Gasteiger partial charge in [0.25, 0.3) is 0 Å². The van der Waals surface area contributed by atoms with E-state index in [1.54, 1.807) is 0 Å². The summed E-state index contributed by atoms with van der Waals surface area (Å²) in [6, 6.07) is 5.57. The number of nitrogens with zero attached hydrogens (tertiary/aromatic N) is 2. The molecule has 0 spiro atoms. The summed E-state index contributed by atoms with van der Waals surface area (Å²) in [7, 11) is -4.30. The van der Waals surface area contributed by atoms with Gasteiger partial charge in [-0.3, -0.25) is 9.27 Å². The zero-order valence-electron chi connectivity index (χ0n) is 12.0. The van der Waals surface area contributed by atoms with Crippen LogP contribution in [-0.2, 0) is 20.6 Å². The summed E-state index contributed by atoms with van der Waals surface area (Å²) in [5.41, 5.74) is 4.02. The van der Waals surface area contributed by atoms with Gasteiger partial charge in [0.1, 0.15) is 10.6 Å². The number of benzene rings is 1. The fraction of sp³-hybridized carbons (Fsp3) is 0.0769. The van der Waals surface area contributed by atoms with Crippen molar-refractivity contribution >= 4 is 39.2 Å². The number of oxime groups is 1. The largest absolute Gasteiger partial charge is 0.417 e. The fourth-order valence-electron chi connectivity index (χ4n) is 1.56. The summed E-state index contributed by atoms with van der Waals surface area (Å²) in [4.78, 5) is 3.18. The number of pyridine rings is 1. The molecule has 25 heavy (non-hydrogen) atoms. The normalized spacial score (nSPS) is 12.9. The number of amidine groups is 1. The van der Waals surface area contributed by atoms with Gasteiger partial charge in [-0.05, 0) is 35.5 Å². The molecule has 2 rings (SSSR count). The standard InChI is InChI=1S/C13H8Cl2F3N3O3S/c14-8-1-3-9(4-2-8)25(22,23)24-21-12(19)11-10(15)5-7(6-20-11)13(16,17)18/h1-6H,(H2,19,21). The molecule has 0 amide bonds. The van der Waals surface area contributed by atoms with Crippen LogP contribution in [0, 0.1) is 0 Å². The van der Waals surface area contributed by atoms with E-state index in [2.05, 4.69) is 14.4 Å². The van der Waals surface area contributed by atoms with Crippen LogP contribution >= 0.6 is 23.2 Å². The molecule has 0 aliphatic rings. The Morgan fingerprint density at radius 1 is 1.20 bits per heavy atom. The minimum absolute atomic E-state index is 0.250. The highest BCUT2D eigenvalue weighted by atomic mass is 35.5. The lowest BCUT2D eigenvalue weighted by Gasteiger charge is -2.08. The van der Waals surface area contributed by atoms with Gasteiger partial charge in [-0.1, -0.05) is 23.2 Å². The van der Waals surface area contributed by atoms with Gasteiger partial charge in [0, 0.05) is 11.2 Å². The number of hydrogen-bond acceptors (Lipinski definition) is 5. The number of hydrogen-bond donors (Lipinski definition) is 1. The number of rotatable bonds is 4. The zero-order chi connectivity index (χ0) is 18.8. The molecule has 0 saturated heterocycles. The molecule has 2 aromatic rings. The smallest absolute Gasteiger partial charge is 0.379 e. The molecule has 1 heterocycles. The Kier molecular flexibility index (Phi) is 5.45. The maximum Gasteiger partial charge on any atom is 0.417 e. The van der Waals surface area contributed by atoms with Gasteiger partial charge in [0.05, 0.1) is 10.6 Å². The van der Waals surface area contributed by atoms with Gasteiger partial charge in [-0.2, -0.15) is 21.6 Å². The second kappa shape index (κ2) is 7.06. The van der Waals surface area contributed by atoms with Crippen LogP contribution in [0.25, 0.3) is 0 Å². The van der Waals surface area contributed by atoms with Crippen molar-refractivity contribution in [3.8, 4) is 0 Å². The van der Waals surface area contributed by atoms with E-state index in [0.717, 1.165) is 0 Å². The number of nitrogens with two attached hydrogens (primary N) is 1. The van der Waals surface area contributed by atoms with E-state index in [1.165, 1.54) is 24.3 Å². The summed E-state index contributed by atoms with van der Waals surface area (Å²) in [5, 5.41) is 3.00. The third-order valence-corrected chi connectivity index (χ3v) is 4.41. The van der Waals surface area contributed by atoms with Gasteiger partial charge in [0.15, 0.2) is 5.84 Å². The number of aromatic nitrogens is 1. The van der Waals surface area contributed by atoms with Gasteiger partial charge < -0.3 is 5.73 Å². The molecule has 0 saturated carbocycles. The molecule has 0 bridgehead atoms. The molecule has 0 aliphatic heterocycles. The molecule has 2 N–H and O–H groups in total. The van der Waals surface area contributed by atoms with E-state index in [0.29, 0.717) is 17.3 Å². The van der Waals surface area contributed by atoms with E-state index < -0.39 is 32.7 Å². The van der Waals surface area contributed by atoms with Crippen LogP contribution in [0.15, 0.2) is 46.6 Å². The molecule has 12 heteroatoms. The first kappa shape index (κ1) is 19.3. The Bertz CT molecular complexity index is 916. The average Bonchev–Trinajstić information content (AvgIpc) is 2.52. The SMILES string of the molecule is NC(=NOS(=O)(=O)c1ccc(Cl)cc1)c1ncc(C(F)(F)F)cc1Cl. The predicted octanol–water partition coefficient (Wildman–Crippen LogP) is 3.43. The molecule has 0 radical (unpaired) electrons. The average molecular weight is 414 g/mol. The van der Waals surface area contributed by atoms with Crippen molar-refractivity contribution in [1.29, 1.82) is 0 Å². The van der Waals surface area contributed by atoms with Crippen molar-refractivity contribution in [1.82, 2.24) is 4.98 Å². The molecule has 0 unspecified atom stereocenters. The highest BCUT2D eigenvalue weighted by Crippen LogP contribution is 2.31. The summed E-state index contributed by atoms with van der Waals surface area (Å²) < 4.78 is 65.9. The molecule has 0 atom stereocenters. The molecule has 1 aromatic carbocycles.